The maximum atomic E-state index is 12.1. The Morgan fingerprint density at radius 2 is 1.67 bits per heavy atom. The maximum absolute atomic E-state index is 12.1. The molecular formula is C58H78ClN7O8S. The molecule has 0 spiro atoms. The molecule has 4 N–H and O–H groups in total. The molecule has 406 valence electrons. The van der Waals surface area contributed by atoms with E-state index < -0.39 is 0 Å². The van der Waals surface area contributed by atoms with Crippen molar-refractivity contribution >= 4 is 94.6 Å². The van der Waals surface area contributed by atoms with Crippen LogP contribution >= 0.6 is 22.9 Å². The fraction of sp³-hybridized carbons (Fsp3) is 0.414. The normalized spacial score (nSPS) is 15.2. The number of nitrogens with one attached hydrogen (secondary N) is 2. The largest absolute Gasteiger partial charge is 0.483 e. The van der Waals surface area contributed by atoms with Crippen LogP contribution in [-0.4, -0.2) is 136 Å². The van der Waals surface area contributed by atoms with Crippen LogP contribution in [0.3, 0.4) is 0 Å². The number of thiophene rings is 1. The molecule has 6 aromatic rings. The number of carbonyl (C=O) groups is 5. The van der Waals surface area contributed by atoms with Crippen molar-refractivity contribution in [1.82, 2.24) is 19.6 Å². The highest BCUT2D eigenvalue weighted by Crippen LogP contribution is 2.46. The van der Waals surface area contributed by atoms with Crippen LogP contribution in [0.2, 0.25) is 5.02 Å². The average molecular weight is 1070 g/mol. The summed E-state index contributed by atoms with van der Waals surface area (Å²) in [5.74, 6) is 0.943. The van der Waals surface area contributed by atoms with Gasteiger partial charge in [0.05, 0.1) is 21.5 Å². The van der Waals surface area contributed by atoms with Crippen LogP contribution in [0.4, 0.5) is 17.1 Å². The van der Waals surface area contributed by atoms with Crippen molar-refractivity contribution in [2.45, 2.75) is 96.2 Å². The predicted octanol–water partition coefficient (Wildman–Crippen LogP) is 10.0. The second kappa shape index (κ2) is 32.1. The number of likely N-dealkylation sites (N-methyl/N-ethyl adjacent to an activating group) is 1. The van der Waals surface area contributed by atoms with Crippen LogP contribution in [0.25, 0.3) is 32.9 Å². The number of halogens is 1. The van der Waals surface area contributed by atoms with E-state index in [1.165, 1.54) is 28.2 Å². The van der Waals surface area contributed by atoms with Crippen LogP contribution in [0, 0.1) is 0 Å². The first-order valence-corrected chi connectivity index (χ1v) is 26.3. The van der Waals surface area contributed by atoms with Crippen LogP contribution in [0.15, 0.2) is 85.8 Å². The lowest BCUT2D eigenvalue weighted by Gasteiger charge is -2.44. The predicted molar refractivity (Wildman–Crippen MR) is 310 cm³/mol. The van der Waals surface area contributed by atoms with Crippen molar-refractivity contribution in [3.63, 3.8) is 0 Å². The molecule has 2 aliphatic rings. The number of aliphatic hydroxyl groups excluding tert-OH is 2. The standard InChI is InChI=1S/C31H36N4O2.C22H27ClN2O2S.C2H5NO.2CH4O.CH2O/c1-4-7-25(21-37)33(3)29-11-10-27(28-9-6-8-24(20-36)31(28)29)23-12-14-34(15-13-23)26-16-30-32-17-22(5-2)18-35(30)19-26;1-5-18-20(27-12-11-26)19(23)21(28-18)15-7-6-8-16(13-15)24-17-9-10-25(4)22(2,3)14-17;1-3-2-4;3*1-2/h6,8-11,16-21,23,25H,4-5,7,12-15H2,1-3H3;5-8,11,13,17,24H,1,9-10,12,14H2,2-4H3;2H,1H3,(H,3,4);2*2H,1H3;1H2. The van der Waals surface area contributed by atoms with Gasteiger partial charge in [0, 0.05) is 107 Å². The third-order valence-electron chi connectivity index (χ3n) is 13.5. The molecule has 3 aromatic carbocycles. The molecule has 15 nitrogen and oxygen atoms in total. The van der Waals surface area contributed by atoms with Crippen molar-refractivity contribution in [1.29, 1.82) is 0 Å². The van der Waals surface area contributed by atoms with Gasteiger partial charge in [0.1, 0.15) is 30.4 Å². The summed E-state index contributed by atoms with van der Waals surface area (Å²) in [6, 6.07) is 21.0. The zero-order chi connectivity index (χ0) is 55.7. The van der Waals surface area contributed by atoms with Crippen LogP contribution in [-0.2, 0) is 25.6 Å². The number of rotatable bonds is 17. The van der Waals surface area contributed by atoms with Gasteiger partial charge < -0.3 is 54.3 Å². The number of aromatic nitrogens is 2. The van der Waals surface area contributed by atoms with Gasteiger partial charge in [0.25, 0.3) is 0 Å². The van der Waals surface area contributed by atoms with Gasteiger partial charge in [0.15, 0.2) is 18.3 Å². The second-order valence-electron chi connectivity index (χ2n) is 18.4. The maximum Gasteiger partial charge on any atom is 0.206 e. The number of amides is 1. The number of aldehydes is 3. The smallest absolute Gasteiger partial charge is 0.206 e. The molecule has 2 atom stereocenters. The molecule has 2 saturated heterocycles. The van der Waals surface area contributed by atoms with Crippen LogP contribution < -0.4 is 25.2 Å². The van der Waals surface area contributed by atoms with Crippen molar-refractivity contribution in [2.75, 3.05) is 76.7 Å². The molecule has 5 heterocycles. The van der Waals surface area contributed by atoms with E-state index in [1.807, 2.05) is 49.2 Å². The Morgan fingerprint density at radius 1 is 0.973 bits per heavy atom. The van der Waals surface area contributed by atoms with Gasteiger partial charge in [-0.25, -0.2) is 4.98 Å². The van der Waals surface area contributed by atoms with Gasteiger partial charge in [-0.15, -0.1) is 11.3 Å². The van der Waals surface area contributed by atoms with Gasteiger partial charge in [-0.1, -0.05) is 74.8 Å². The van der Waals surface area contributed by atoms with E-state index in [0.717, 1.165) is 134 Å². The molecule has 0 radical (unpaired) electrons. The zero-order valence-electron chi connectivity index (χ0n) is 45.2. The number of carbonyl (C=O) groups excluding carboxylic acids is 5. The molecule has 0 aliphatic carbocycles. The number of likely N-dealkylation sites (tertiary alicyclic amines) is 1. The molecule has 2 aliphatic heterocycles. The molecule has 2 fully saturated rings. The Labute approximate surface area is 452 Å². The van der Waals surface area contributed by atoms with E-state index in [2.05, 4.69) is 120 Å². The number of ether oxygens (including phenoxy) is 1. The van der Waals surface area contributed by atoms with E-state index >= 15 is 0 Å². The molecule has 0 bridgehead atoms. The summed E-state index contributed by atoms with van der Waals surface area (Å²) in [6.07, 6.45) is 18.3. The molecule has 0 saturated carbocycles. The van der Waals surface area contributed by atoms with Crippen LogP contribution in [0.1, 0.15) is 98.5 Å². The molecule has 1 amide bonds. The summed E-state index contributed by atoms with van der Waals surface area (Å²) in [5, 5.41) is 22.6. The molecular weight excluding hydrogens is 990 g/mol. The number of aliphatic hydroxyl groups is 2. The molecule has 3 aromatic heterocycles. The molecule has 17 heteroatoms. The number of hydrogen-bond donors (Lipinski definition) is 4. The molecule has 2 unspecified atom stereocenters. The quantitative estimate of drug-likeness (QED) is 0.0633. The average Bonchev–Trinajstić information content (AvgIpc) is 4.03. The summed E-state index contributed by atoms with van der Waals surface area (Å²) in [7, 11) is 7.72. The minimum Gasteiger partial charge on any atom is -0.483 e. The zero-order valence-corrected chi connectivity index (χ0v) is 46.8. The van der Waals surface area contributed by atoms with Gasteiger partial charge in [-0.05, 0) is 112 Å². The fourth-order valence-corrected chi connectivity index (χ4v) is 10.9. The number of hydrogen-bond acceptors (Lipinski definition) is 14. The third-order valence-corrected chi connectivity index (χ3v) is 15.2. The molecule has 75 heavy (non-hydrogen) atoms. The van der Waals surface area contributed by atoms with E-state index in [-0.39, 0.29) is 18.2 Å². The van der Waals surface area contributed by atoms with E-state index in [9.17, 15) is 14.4 Å². The number of fused-ring (bicyclic) bond motifs is 2. The highest BCUT2D eigenvalue weighted by molar-refractivity contribution is 7.17. The highest BCUT2D eigenvalue weighted by Gasteiger charge is 2.32. The number of aryl methyl sites for hydroxylation is 1. The monoisotopic (exact) mass is 1070 g/mol. The lowest BCUT2D eigenvalue weighted by molar-refractivity contribution is -0.110. The summed E-state index contributed by atoms with van der Waals surface area (Å²) in [4.78, 5) is 64.9. The first-order chi connectivity index (χ1) is 36.3. The SMILES string of the molecule is C=Cc1sc(-c2cccc(NC3CCN(C)C(C)(C)C3)c2)c(Cl)c1OCC=O.C=O.CCCC(C=O)N(C)c1ccc(C2CCN(c3cc4ncc(CC)cn4c3)CC2)c2cccc(C=O)c12.CNC=O.CO.CO. The summed E-state index contributed by atoms with van der Waals surface area (Å²) >= 11 is 8.09. The minimum absolute atomic E-state index is 0.0236. The molecule has 8 rings (SSSR count). The Bertz CT molecular complexity index is 2740. The third kappa shape index (κ3) is 16.3. The topological polar surface area (TPSA) is 186 Å². The highest BCUT2D eigenvalue weighted by atomic mass is 35.5. The number of nitrogens with zero attached hydrogens (tertiary/aromatic N) is 5. The minimum atomic E-state index is -0.206. The van der Waals surface area contributed by atoms with Crippen molar-refractivity contribution < 1.29 is 38.9 Å². The lowest BCUT2D eigenvalue weighted by Crippen LogP contribution is -2.50. The van der Waals surface area contributed by atoms with Gasteiger partial charge >= 0.3 is 0 Å². The summed E-state index contributed by atoms with van der Waals surface area (Å²) in [5.41, 5.74) is 8.66. The van der Waals surface area contributed by atoms with Gasteiger partial charge in [-0.2, -0.15) is 0 Å². The van der Waals surface area contributed by atoms with Gasteiger partial charge in [0.2, 0.25) is 6.41 Å². The number of anilines is 3. The Hall–Kier alpha value is -6.43. The fourth-order valence-electron chi connectivity index (χ4n) is 9.45. The number of piperidine rings is 2. The number of benzene rings is 3. The first-order valence-electron chi connectivity index (χ1n) is 25.1. The Morgan fingerprint density at radius 3 is 2.27 bits per heavy atom. The lowest BCUT2D eigenvalue weighted by atomic mass is 9.85. The second-order valence-corrected chi connectivity index (χ2v) is 19.8. The Balaban J connectivity index is 0.000000347. The van der Waals surface area contributed by atoms with Crippen molar-refractivity contribution in [3.8, 4) is 16.2 Å². The van der Waals surface area contributed by atoms with Crippen molar-refractivity contribution in [3.05, 3.63) is 112 Å². The summed E-state index contributed by atoms with van der Waals surface area (Å²) in [6.45, 7) is 17.7. The summed E-state index contributed by atoms with van der Waals surface area (Å²) < 4.78 is 7.65. The van der Waals surface area contributed by atoms with Crippen LogP contribution in [0.5, 0.6) is 5.75 Å². The Kier molecular flexibility index (Phi) is 26.9. The van der Waals surface area contributed by atoms with E-state index in [4.69, 9.17) is 36.1 Å². The van der Waals surface area contributed by atoms with E-state index in [0.29, 0.717) is 41.0 Å². The van der Waals surface area contributed by atoms with E-state index in [1.54, 1.807) is 13.1 Å². The van der Waals surface area contributed by atoms with Gasteiger partial charge in [-0.3, -0.25) is 14.4 Å². The first kappa shape index (κ1) is 62.9. The van der Waals surface area contributed by atoms with Crippen molar-refractivity contribution in [2.24, 2.45) is 0 Å².